The zero-order valence-electron chi connectivity index (χ0n) is 9.38. The van der Waals surface area contributed by atoms with Gasteiger partial charge < -0.3 is 14.6 Å². The first-order valence-corrected chi connectivity index (χ1v) is 4.83. The van der Waals surface area contributed by atoms with Crippen LogP contribution in [0, 0.1) is 0 Å². The van der Waals surface area contributed by atoms with E-state index in [9.17, 15) is 4.79 Å². The summed E-state index contributed by atoms with van der Waals surface area (Å²) in [4.78, 5) is 18.8. The number of carboxylic acids is 1. The lowest BCUT2D eigenvalue weighted by molar-refractivity contribution is -0.136. The smallest absolute Gasteiger partial charge is 0.309 e. The highest BCUT2D eigenvalue weighted by molar-refractivity contribution is 5.69. The number of rotatable bonds is 4. The summed E-state index contributed by atoms with van der Waals surface area (Å²) in [6.07, 6.45) is 1.42. The normalized spacial score (nSPS) is 10.5. The maximum absolute atomic E-state index is 10.6. The minimum absolute atomic E-state index is 0.158. The zero-order valence-corrected chi connectivity index (χ0v) is 9.38. The molecule has 0 atom stereocenters. The van der Waals surface area contributed by atoms with Crippen molar-refractivity contribution in [2.24, 2.45) is 0 Å². The second-order valence-corrected chi connectivity index (χ2v) is 3.31. The molecule has 7 nitrogen and oxygen atoms in total. The third kappa shape index (κ3) is 2.12. The van der Waals surface area contributed by atoms with Crippen LogP contribution in [-0.2, 0) is 11.2 Å². The summed E-state index contributed by atoms with van der Waals surface area (Å²) in [5, 5.41) is 8.69. The molecule has 2 rings (SSSR count). The van der Waals surface area contributed by atoms with Crippen molar-refractivity contribution >= 4 is 11.7 Å². The molecule has 0 aromatic carbocycles. The Hall–Kier alpha value is -2.31. The third-order valence-corrected chi connectivity index (χ3v) is 2.18. The number of aliphatic carboxylic acids is 1. The van der Waals surface area contributed by atoms with E-state index in [-0.39, 0.29) is 6.42 Å². The van der Waals surface area contributed by atoms with Gasteiger partial charge in [-0.25, -0.2) is 4.98 Å². The lowest BCUT2D eigenvalue weighted by Crippen LogP contribution is -1.99. The Kier molecular flexibility index (Phi) is 2.82. The first kappa shape index (κ1) is 11.2. The molecule has 2 heterocycles. The van der Waals surface area contributed by atoms with Gasteiger partial charge in [0.05, 0.1) is 32.4 Å². The molecule has 1 N–H and O–H groups in total. The van der Waals surface area contributed by atoms with Gasteiger partial charge in [0.2, 0.25) is 17.5 Å². The van der Waals surface area contributed by atoms with Crippen molar-refractivity contribution in [3.8, 4) is 11.8 Å². The first-order chi connectivity index (χ1) is 8.13. The monoisotopic (exact) mass is 237 g/mol. The molecule has 90 valence electrons. The number of fused-ring (bicyclic) bond motifs is 1. The molecule has 0 radical (unpaired) electrons. The lowest BCUT2D eigenvalue weighted by atomic mass is 10.3. The Morgan fingerprint density at radius 2 is 2.18 bits per heavy atom. The summed E-state index contributed by atoms with van der Waals surface area (Å²) in [7, 11) is 2.99. The number of carboxylic acid groups (broad SMARTS) is 1. The van der Waals surface area contributed by atoms with Crippen molar-refractivity contribution < 1.29 is 19.4 Å². The second-order valence-electron chi connectivity index (χ2n) is 3.31. The van der Waals surface area contributed by atoms with Gasteiger partial charge in [-0.05, 0) is 0 Å². The number of ether oxygens (including phenoxy) is 2. The minimum Gasteiger partial charge on any atom is -0.482 e. The Bertz CT molecular complexity index is 564. The second kappa shape index (κ2) is 4.28. The van der Waals surface area contributed by atoms with E-state index in [4.69, 9.17) is 14.6 Å². The fourth-order valence-corrected chi connectivity index (χ4v) is 1.47. The van der Waals surface area contributed by atoms with E-state index in [0.717, 1.165) is 0 Å². The standard InChI is InChI=1S/C10H11N3O4/c1-16-7-4-8(17-2)13-5-6(3-9(14)15)11-10(13)12-7/h4-5H,3H2,1-2H3,(H,14,15). The number of aromatic nitrogens is 3. The molecule has 0 unspecified atom stereocenters. The van der Waals surface area contributed by atoms with E-state index in [1.165, 1.54) is 14.2 Å². The fraction of sp³-hybridized carbons (Fsp3) is 0.300. The third-order valence-electron chi connectivity index (χ3n) is 2.18. The number of hydrogen-bond acceptors (Lipinski definition) is 5. The first-order valence-electron chi connectivity index (χ1n) is 4.83. The van der Waals surface area contributed by atoms with Crippen molar-refractivity contribution in [1.82, 2.24) is 14.4 Å². The average Bonchev–Trinajstić information content (AvgIpc) is 2.68. The Labute approximate surface area is 96.6 Å². The zero-order chi connectivity index (χ0) is 12.4. The molecule has 0 aliphatic rings. The molecule has 0 aliphatic heterocycles. The molecule has 0 fully saturated rings. The molecule has 0 saturated heterocycles. The minimum atomic E-state index is -0.945. The summed E-state index contributed by atoms with van der Waals surface area (Å²) < 4.78 is 11.7. The van der Waals surface area contributed by atoms with Crippen LogP contribution in [-0.4, -0.2) is 39.7 Å². The highest BCUT2D eigenvalue weighted by Gasteiger charge is 2.11. The van der Waals surface area contributed by atoms with Crippen LogP contribution < -0.4 is 9.47 Å². The van der Waals surface area contributed by atoms with E-state index in [1.54, 1.807) is 16.7 Å². The van der Waals surface area contributed by atoms with Gasteiger partial charge in [0.25, 0.3) is 0 Å². The predicted molar refractivity (Wildman–Crippen MR) is 57.4 cm³/mol. The molecular formula is C10H11N3O4. The van der Waals surface area contributed by atoms with Crippen molar-refractivity contribution in [2.45, 2.75) is 6.42 Å². The lowest BCUT2D eigenvalue weighted by Gasteiger charge is -2.04. The summed E-state index contributed by atoms with van der Waals surface area (Å²) in [6.45, 7) is 0. The summed E-state index contributed by atoms with van der Waals surface area (Å²) in [5.41, 5.74) is 0.413. The topological polar surface area (TPSA) is 86.0 Å². The Balaban J connectivity index is 2.54. The number of methoxy groups -OCH3 is 2. The predicted octanol–water partition coefficient (Wildman–Crippen LogP) is 0.374. The highest BCUT2D eigenvalue weighted by atomic mass is 16.5. The van der Waals surface area contributed by atoms with E-state index >= 15 is 0 Å². The van der Waals surface area contributed by atoms with E-state index in [0.29, 0.717) is 23.2 Å². The maximum Gasteiger partial charge on any atom is 0.309 e. The molecule has 0 aliphatic carbocycles. The van der Waals surface area contributed by atoms with Crippen LogP contribution >= 0.6 is 0 Å². The summed E-state index contributed by atoms with van der Waals surface area (Å²) in [5.74, 6) is 0.245. The maximum atomic E-state index is 10.6. The van der Waals surface area contributed by atoms with Crippen molar-refractivity contribution in [2.75, 3.05) is 14.2 Å². The van der Waals surface area contributed by atoms with Crippen LogP contribution in [0.3, 0.4) is 0 Å². The van der Waals surface area contributed by atoms with Gasteiger partial charge in [0, 0.05) is 6.20 Å². The van der Waals surface area contributed by atoms with Crippen LogP contribution in [0.4, 0.5) is 0 Å². The van der Waals surface area contributed by atoms with Gasteiger partial charge in [-0.1, -0.05) is 0 Å². The van der Waals surface area contributed by atoms with Gasteiger partial charge in [-0.2, -0.15) is 4.98 Å². The molecule has 0 amide bonds. The number of imidazole rings is 1. The van der Waals surface area contributed by atoms with Gasteiger partial charge in [-0.15, -0.1) is 0 Å². The number of nitrogens with zero attached hydrogens (tertiary/aromatic N) is 3. The van der Waals surface area contributed by atoms with Crippen LogP contribution in [0.15, 0.2) is 12.3 Å². The van der Waals surface area contributed by atoms with E-state index in [1.807, 2.05) is 0 Å². The molecule has 17 heavy (non-hydrogen) atoms. The average molecular weight is 237 g/mol. The van der Waals surface area contributed by atoms with Crippen molar-refractivity contribution in [3.05, 3.63) is 18.0 Å². The quantitative estimate of drug-likeness (QED) is 0.827. The molecule has 0 bridgehead atoms. The largest absolute Gasteiger partial charge is 0.482 e. The molecule has 2 aromatic heterocycles. The number of carbonyl (C=O) groups is 1. The van der Waals surface area contributed by atoms with Crippen molar-refractivity contribution in [1.29, 1.82) is 0 Å². The fourth-order valence-electron chi connectivity index (χ4n) is 1.47. The van der Waals surface area contributed by atoms with Gasteiger partial charge >= 0.3 is 5.97 Å². The highest BCUT2D eigenvalue weighted by Crippen LogP contribution is 2.20. The summed E-state index contributed by atoms with van der Waals surface area (Å²) >= 11 is 0. The van der Waals surface area contributed by atoms with Crippen molar-refractivity contribution in [3.63, 3.8) is 0 Å². The molecule has 2 aromatic rings. The molecule has 7 heteroatoms. The number of hydrogen-bond donors (Lipinski definition) is 1. The van der Waals surface area contributed by atoms with E-state index < -0.39 is 5.97 Å². The molecule has 0 saturated carbocycles. The van der Waals surface area contributed by atoms with Gasteiger partial charge in [0.15, 0.2) is 0 Å². The van der Waals surface area contributed by atoms with E-state index in [2.05, 4.69) is 9.97 Å². The van der Waals surface area contributed by atoms with Crippen LogP contribution in [0.25, 0.3) is 5.78 Å². The van der Waals surface area contributed by atoms with Crippen LogP contribution in [0.2, 0.25) is 0 Å². The summed E-state index contributed by atoms with van der Waals surface area (Å²) in [6, 6.07) is 1.60. The van der Waals surface area contributed by atoms with Crippen LogP contribution in [0.5, 0.6) is 11.8 Å². The molecular weight excluding hydrogens is 226 g/mol. The van der Waals surface area contributed by atoms with Gasteiger partial charge in [0.1, 0.15) is 0 Å². The van der Waals surface area contributed by atoms with Crippen LogP contribution in [0.1, 0.15) is 5.69 Å². The molecule has 0 spiro atoms. The van der Waals surface area contributed by atoms with Gasteiger partial charge in [-0.3, -0.25) is 9.20 Å². The SMILES string of the molecule is COc1cc(OC)n2cc(CC(=O)O)nc2n1. The Morgan fingerprint density at radius 3 is 2.76 bits per heavy atom. The Morgan fingerprint density at radius 1 is 1.41 bits per heavy atom.